The molecule has 1 aromatic rings. The molecule has 3 amide bonds. The maximum absolute atomic E-state index is 11.8. The van der Waals surface area contributed by atoms with E-state index in [-0.39, 0.29) is 12.6 Å². The molecule has 1 atom stereocenters. The Balaban J connectivity index is 1.84. The van der Waals surface area contributed by atoms with Crippen LogP contribution in [-0.4, -0.2) is 29.1 Å². The molecule has 20 heavy (non-hydrogen) atoms. The highest BCUT2D eigenvalue weighted by molar-refractivity contribution is 5.98. The summed E-state index contributed by atoms with van der Waals surface area (Å²) in [6.45, 7) is 1.62. The number of nitrogens with one attached hydrogen (secondary N) is 3. The van der Waals surface area contributed by atoms with E-state index in [1.54, 1.807) is 31.2 Å². The van der Waals surface area contributed by atoms with E-state index in [1.165, 1.54) is 0 Å². The Morgan fingerprint density at radius 2 is 2.15 bits per heavy atom. The minimum atomic E-state index is -0.547. The predicted molar refractivity (Wildman–Crippen MR) is 75.1 cm³/mol. The van der Waals surface area contributed by atoms with Crippen molar-refractivity contribution in [2.45, 2.75) is 38.5 Å². The van der Waals surface area contributed by atoms with Crippen molar-refractivity contribution in [1.29, 1.82) is 0 Å². The smallest absolute Gasteiger partial charge is 0.321 e. The first-order valence-corrected chi connectivity index (χ1v) is 6.66. The highest BCUT2D eigenvalue weighted by Crippen LogP contribution is 2.18. The van der Waals surface area contributed by atoms with Crippen molar-refractivity contribution in [3.63, 3.8) is 0 Å². The number of hydrogen-bond acceptors (Lipinski definition) is 4. The summed E-state index contributed by atoms with van der Waals surface area (Å²) >= 11 is 0. The van der Waals surface area contributed by atoms with Gasteiger partial charge in [0.1, 0.15) is 6.04 Å². The number of aliphatic hydroxyl groups is 1. The fourth-order valence-corrected chi connectivity index (χ4v) is 1.74. The second kappa shape index (κ2) is 6.38. The number of aliphatic hydroxyl groups excluding tert-OH is 1. The lowest BCUT2D eigenvalue weighted by atomic mass is 10.2. The lowest BCUT2D eigenvalue weighted by Crippen LogP contribution is -2.46. The quantitative estimate of drug-likeness (QED) is 0.645. The summed E-state index contributed by atoms with van der Waals surface area (Å²) in [5.41, 5.74) is 1.48. The molecule has 0 saturated heterocycles. The fraction of sp³-hybridized carbons (Fsp3) is 0.429. The third kappa shape index (κ3) is 4.24. The Morgan fingerprint density at radius 1 is 1.40 bits per heavy atom. The van der Waals surface area contributed by atoms with E-state index in [4.69, 9.17) is 5.11 Å². The first kappa shape index (κ1) is 14.3. The number of urea groups is 1. The van der Waals surface area contributed by atoms with E-state index in [0.29, 0.717) is 0 Å². The molecule has 2 rings (SSSR count). The number of rotatable bonds is 5. The second-order valence-corrected chi connectivity index (χ2v) is 4.96. The first-order valence-electron chi connectivity index (χ1n) is 6.66. The van der Waals surface area contributed by atoms with Crippen molar-refractivity contribution in [3.05, 3.63) is 29.8 Å². The maximum Gasteiger partial charge on any atom is 0.321 e. The summed E-state index contributed by atoms with van der Waals surface area (Å²) in [4.78, 5) is 23.3. The Morgan fingerprint density at radius 3 is 2.80 bits per heavy atom. The first-order chi connectivity index (χ1) is 9.58. The van der Waals surface area contributed by atoms with E-state index >= 15 is 0 Å². The summed E-state index contributed by atoms with van der Waals surface area (Å²) in [5.74, 6) is -0.391. The number of hydrogen-bond donors (Lipinski definition) is 4. The lowest BCUT2D eigenvalue weighted by Gasteiger charge is -2.15. The molecule has 0 aliphatic heterocycles. The Bertz CT molecular complexity index is 500. The largest absolute Gasteiger partial charge is 0.392 e. The molecular formula is C14H19N3O3. The predicted octanol–water partition coefficient (Wildman–Crippen LogP) is 0.967. The average molecular weight is 277 g/mol. The van der Waals surface area contributed by atoms with Crippen molar-refractivity contribution >= 4 is 17.6 Å². The van der Waals surface area contributed by atoms with Crippen molar-refractivity contribution in [1.82, 2.24) is 10.6 Å². The van der Waals surface area contributed by atoms with Crippen LogP contribution in [0.1, 0.15) is 25.3 Å². The van der Waals surface area contributed by atoms with Crippen molar-refractivity contribution in [2.75, 3.05) is 5.32 Å². The van der Waals surface area contributed by atoms with Gasteiger partial charge in [-0.25, -0.2) is 4.79 Å². The van der Waals surface area contributed by atoms with Gasteiger partial charge in [-0.3, -0.25) is 10.1 Å². The van der Waals surface area contributed by atoms with Gasteiger partial charge in [0.2, 0.25) is 5.91 Å². The summed E-state index contributed by atoms with van der Waals surface area (Å²) in [6.07, 6.45) is 1.95. The molecule has 6 heteroatoms. The molecule has 0 aromatic heterocycles. The summed E-state index contributed by atoms with van der Waals surface area (Å²) in [7, 11) is 0. The van der Waals surface area contributed by atoms with Gasteiger partial charge in [-0.2, -0.15) is 0 Å². The van der Waals surface area contributed by atoms with Crippen LogP contribution in [0.2, 0.25) is 0 Å². The van der Waals surface area contributed by atoms with Crippen LogP contribution >= 0.6 is 0 Å². The number of carbonyl (C=O) groups is 2. The van der Waals surface area contributed by atoms with Crippen LogP contribution < -0.4 is 16.0 Å². The standard InChI is InChI=1S/C14H19N3O3/c1-9(13(19)17-14(20)16-11-5-6-11)15-12-4-2-3-10(7-12)8-18/h2-4,7,9,11,15,18H,5-6,8H2,1H3,(H2,16,17,19,20)/t9-/m1/s1. The van der Waals surface area contributed by atoms with E-state index < -0.39 is 18.0 Å². The number of amides is 3. The lowest BCUT2D eigenvalue weighted by molar-refractivity contribution is -0.120. The van der Waals surface area contributed by atoms with Gasteiger partial charge in [0.25, 0.3) is 0 Å². The normalized spacial score (nSPS) is 15.3. The van der Waals surface area contributed by atoms with Crippen molar-refractivity contribution in [2.24, 2.45) is 0 Å². The summed E-state index contributed by atoms with van der Waals surface area (Å²) < 4.78 is 0. The van der Waals surface area contributed by atoms with Crippen LogP contribution in [0, 0.1) is 0 Å². The maximum atomic E-state index is 11.8. The Hall–Kier alpha value is -2.08. The van der Waals surface area contributed by atoms with Crippen LogP contribution in [-0.2, 0) is 11.4 Å². The van der Waals surface area contributed by atoms with Crippen LogP contribution in [0.5, 0.6) is 0 Å². The minimum Gasteiger partial charge on any atom is -0.392 e. The highest BCUT2D eigenvalue weighted by atomic mass is 16.3. The van der Waals surface area contributed by atoms with Crippen LogP contribution in [0.3, 0.4) is 0 Å². The van der Waals surface area contributed by atoms with Gasteiger partial charge in [0.15, 0.2) is 0 Å². The molecule has 0 radical (unpaired) electrons. The number of imide groups is 1. The van der Waals surface area contributed by atoms with Gasteiger partial charge in [0, 0.05) is 11.7 Å². The zero-order valence-corrected chi connectivity index (χ0v) is 11.3. The van der Waals surface area contributed by atoms with E-state index in [2.05, 4.69) is 16.0 Å². The summed E-state index contributed by atoms with van der Waals surface area (Å²) in [5, 5.41) is 17.0. The van der Waals surface area contributed by atoms with Gasteiger partial charge in [0.05, 0.1) is 6.61 Å². The molecule has 0 bridgehead atoms. The highest BCUT2D eigenvalue weighted by Gasteiger charge is 2.24. The van der Waals surface area contributed by atoms with Crippen LogP contribution in [0.25, 0.3) is 0 Å². The van der Waals surface area contributed by atoms with Crippen LogP contribution in [0.4, 0.5) is 10.5 Å². The minimum absolute atomic E-state index is 0.0557. The molecule has 0 spiro atoms. The molecule has 1 fully saturated rings. The van der Waals surface area contributed by atoms with Gasteiger partial charge in [-0.05, 0) is 37.5 Å². The van der Waals surface area contributed by atoms with Gasteiger partial charge in [-0.15, -0.1) is 0 Å². The zero-order valence-electron chi connectivity index (χ0n) is 11.3. The molecule has 1 aliphatic carbocycles. The number of carbonyl (C=O) groups excluding carboxylic acids is 2. The monoisotopic (exact) mass is 277 g/mol. The summed E-state index contributed by atoms with van der Waals surface area (Å²) in [6, 6.07) is 6.36. The fourth-order valence-electron chi connectivity index (χ4n) is 1.74. The number of anilines is 1. The average Bonchev–Trinajstić information content (AvgIpc) is 3.22. The SMILES string of the molecule is C[C@@H](Nc1cccc(CO)c1)C(=O)NC(=O)NC1CC1. The van der Waals surface area contributed by atoms with E-state index in [1.807, 2.05) is 0 Å². The molecule has 6 nitrogen and oxygen atoms in total. The van der Waals surface area contributed by atoms with E-state index in [0.717, 1.165) is 24.1 Å². The van der Waals surface area contributed by atoms with Crippen molar-refractivity contribution < 1.29 is 14.7 Å². The Labute approximate surface area is 117 Å². The van der Waals surface area contributed by atoms with Gasteiger partial charge in [-0.1, -0.05) is 12.1 Å². The molecule has 4 N–H and O–H groups in total. The molecule has 0 heterocycles. The molecule has 108 valence electrons. The topological polar surface area (TPSA) is 90.5 Å². The van der Waals surface area contributed by atoms with Gasteiger partial charge < -0.3 is 15.7 Å². The molecular weight excluding hydrogens is 258 g/mol. The molecule has 1 aromatic carbocycles. The molecule has 0 unspecified atom stereocenters. The molecule has 1 saturated carbocycles. The zero-order chi connectivity index (χ0) is 14.5. The van der Waals surface area contributed by atoms with Gasteiger partial charge >= 0.3 is 6.03 Å². The third-order valence-electron chi connectivity index (χ3n) is 3.04. The number of benzene rings is 1. The second-order valence-electron chi connectivity index (χ2n) is 4.96. The molecule has 1 aliphatic rings. The Kier molecular flexibility index (Phi) is 4.57. The van der Waals surface area contributed by atoms with Crippen molar-refractivity contribution in [3.8, 4) is 0 Å². The third-order valence-corrected chi connectivity index (χ3v) is 3.04. The van der Waals surface area contributed by atoms with Crippen LogP contribution in [0.15, 0.2) is 24.3 Å². The van der Waals surface area contributed by atoms with E-state index in [9.17, 15) is 9.59 Å².